The average Bonchev–Trinajstić information content (AvgIpc) is 3.24. The van der Waals surface area contributed by atoms with Gasteiger partial charge in [-0.3, -0.25) is 0 Å². The molecule has 0 radical (unpaired) electrons. The number of nitrogens with one attached hydrogen (secondary N) is 1. The topological polar surface area (TPSA) is 34.1 Å². The van der Waals surface area contributed by atoms with Crippen LogP contribution in [0.2, 0.25) is 0 Å². The summed E-state index contributed by atoms with van der Waals surface area (Å²) in [4.78, 5) is 7.53. The van der Waals surface area contributed by atoms with E-state index in [9.17, 15) is 0 Å². The third-order valence-electron chi connectivity index (χ3n) is 6.10. The van der Waals surface area contributed by atoms with Gasteiger partial charge in [-0.25, -0.2) is 4.98 Å². The van der Waals surface area contributed by atoms with Crippen LogP contribution in [0.3, 0.4) is 0 Å². The van der Waals surface area contributed by atoms with E-state index in [4.69, 9.17) is 9.72 Å². The van der Waals surface area contributed by atoms with Gasteiger partial charge in [0, 0.05) is 37.4 Å². The second-order valence-corrected chi connectivity index (χ2v) is 10.8. The van der Waals surface area contributed by atoms with Crippen LogP contribution in [0, 0.1) is 0 Å². The number of aromatic nitrogens is 1. The third-order valence-corrected chi connectivity index (χ3v) is 8.86. The Morgan fingerprint density at radius 2 is 1.59 bits per heavy atom. The van der Waals surface area contributed by atoms with Gasteiger partial charge in [-0.15, -0.1) is 0 Å². The molecule has 4 aromatic rings. The van der Waals surface area contributed by atoms with Gasteiger partial charge in [0.25, 0.3) is 0 Å². The summed E-state index contributed by atoms with van der Waals surface area (Å²) in [6.45, 7) is 4.51. The van der Waals surface area contributed by atoms with Gasteiger partial charge >= 0.3 is 0 Å². The monoisotopic (exact) mass is 454 g/mol. The molecule has 0 bridgehead atoms. The van der Waals surface area contributed by atoms with E-state index in [1.807, 2.05) is 27.7 Å². The molecular weight excluding hydrogens is 432 g/mol. The lowest BCUT2D eigenvalue weighted by atomic mass is 9.88. The van der Waals surface area contributed by atoms with E-state index in [0.717, 1.165) is 22.5 Å². The minimum atomic E-state index is -0.132. The van der Waals surface area contributed by atoms with E-state index >= 15 is 0 Å². The van der Waals surface area contributed by atoms with Crippen molar-refractivity contribution < 1.29 is 4.74 Å². The summed E-state index contributed by atoms with van der Waals surface area (Å²) < 4.78 is 5.56. The van der Waals surface area contributed by atoms with Gasteiger partial charge in [0.1, 0.15) is 5.75 Å². The van der Waals surface area contributed by atoms with Crippen molar-refractivity contribution in [3.05, 3.63) is 87.7 Å². The van der Waals surface area contributed by atoms with E-state index in [0.29, 0.717) is 0 Å². The summed E-state index contributed by atoms with van der Waals surface area (Å²) in [6.07, 6.45) is 2.36. The molecule has 6 rings (SSSR count). The predicted octanol–water partition coefficient (Wildman–Crippen LogP) is 7.75. The molecule has 0 atom stereocenters. The van der Waals surface area contributed by atoms with Crippen LogP contribution in [-0.2, 0) is 0 Å². The fourth-order valence-electron chi connectivity index (χ4n) is 4.57. The van der Waals surface area contributed by atoms with E-state index in [2.05, 4.69) is 85.9 Å². The highest BCUT2D eigenvalue weighted by Gasteiger charge is 2.39. The van der Waals surface area contributed by atoms with Crippen molar-refractivity contribution in [1.82, 2.24) is 4.98 Å². The molecule has 2 aliphatic rings. The molecule has 1 aromatic heterocycles. The van der Waals surface area contributed by atoms with E-state index in [-0.39, 0.29) is 5.54 Å². The largest absolute Gasteiger partial charge is 0.497 e. The third kappa shape index (κ3) is 3.03. The first-order chi connectivity index (χ1) is 15.5. The standard InChI is InChI=1S/C27H22N2OS2/c1-27(2)26-25(20-14-16(30-3)12-13-23(20)29-27)24(31-32-26)15-19-17-8-4-6-10-21(17)28-22-11-7-5-9-18(19)22/h4-15,29H,1-3H3. The maximum Gasteiger partial charge on any atom is 0.119 e. The molecule has 0 saturated carbocycles. The average molecular weight is 455 g/mol. The molecule has 3 aromatic carbocycles. The lowest BCUT2D eigenvalue weighted by Gasteiger charge is -2.35. The summed E-state index contributed by atoms with van der Waals surface area (Å²) in [7, 11) is 5.42. The number of fused-ring (bicyclic) bond motifs is 4. The van der Waals surface area contributed by atoms with Crippen molar-refractivity contribution in [3.8, 4) is 5.75 Å². The zero-order valence-electron chi connectivity index (χ0n) is 18.1. The molecule has 5 heteroatoms. The molecular formula is C27H22N2OS2. The number of anilines is 1. The quantitative estimate of drug-likeness (QED) is 0.247. The molecule has 0 fully saturated rings. The smallest absolute Gasteiger partial charge is 0.119 e. The van der Waals surface area contributed by atoms with Crippen LogP contribution in [0.15, 0.2) is 76.5 Å². The highest BCUT2D eigenvalue weighted by molar-refractivity contribution is 8.80. The fraction of sp³-hybridized carbons (Fsp3) is 0.148. The Kier molecular flexibility index (Phi) is 4.52. The lowest BCUT2D eigenvalue weighted by molar-refractivity contribution is 0.414. The first-order valence-electron chi connectivity index (χ1n) is 10.6. The summed E-state index contributed by atoms with van der Waals surface area (Å²) in [5.74, 6) is 0.873. The molecule has 0 amide bonds. The molecule has 3 heterocycles. The lowest BCUT2D eigenvalue weighted by Crippen LogP contribution is -2.35. The van der Waals surface area contributed by atoms with Gasteiger partial charge in [-0.1, -0.05) is 58.0 Å². The van der Waals surface area contributed by atoms with Crippen molar-refractivity contribution in [1.29, 1.82) is 0 Å². The molecule has 0 spiro atoms. The van der Waals surface area contributed by atoms with E-state index in [1.165, 1.54) is 37.3 Å². The second kappa shape index (κ2) is 7.32. The van der Waals surface area contributed by atoms with Crippen LogP contribution in [0.25, 0.3) is 33.5 Å². The number of benzene rings is 3. The zero-order valence-corrected chi connectivity index (χ0v) is 19.7. The maximum atomic E-state index is 5.56. The van der Waals surface area contributed by atoms with Gasteiger partial charge in [0.2, 0.25) is 0 Å². The summed E-state index contributed by atoms with van der Waals surface area (Å²) in [6, 6.07) is 23.1. The van der Waals surface area contributed by atoms with E-state index < -0.39 is 0 Å². The molecule has 0 aliphatic carbocycles. The predicted molar refractivity (Wildman–Crippen MR) is 140 cm³/mol. The first-order valence-corrected chi connectivity index (χ1v) is 12.8. The van der Waals surface area contributed by atoms with Crippen molar-refractivity contribution in [3.63, 3.8) is 0 Å². The number of hydrogen-bond acceptors (Lipinski definition) is 5. The number of rotatable bonds is 2. The number of allylic oxidation sites excluding steroid dienone is 1. The van der Waals surface area contributed by atoms with Crippen LogP contribution in [0.5, 0.6) is 5.75 Å². The molecule has 3 nitrogen and oxygen atoms in total. The Bertz CT molecular complexity index is 1420. The Balaban J connectivity index is 1.63. The van der Waals surface area contributed by atoms with Crippen molar-refractivity contribution in [2.75, 3.05) is 12.4 Å². The number of methoxy groups -OCH3 is 1. The van der Waals surface area contributed by atoms with Gasteiger partial charge < -0.3 is 10.1 Å². The Morgan fingerprint density at radius 3 is 2.28 bits per heavy atom. The van der Waals surface area contributed by atoms with Crippen LogP contribution in [0.1, 0.15) is 25.0 Å². The number of hydrogen-bond donors (Lipinski definition) is 1. The van der Waals surface area contributed by atoms with E-state index in [1.54, 1.807) is 7.11 Å². The Hall–Kier alpha value is -2.89. The highest BCUT2D eigenvalue weighted by Crippen LogP contribution is 2.61. The number of nitrogens with zero attached hydrogens (tertiary/aromatic N) is 1. The maximum absolute atomic E-state index is 5.56. The summed E-state index contributed by atoms with van der Waals surface area (Å²) >= 11 is 0. The molecule has 2 aliphatic heterocycles. The number of para-hydroxylation sites is 2. The minimum absolute atomic E-state index is 0.132. The molecule has 158 valence electrons. The van der Waals surface area contributed by atoms with Crippen LogP contribution >= 0.6 is 21.6 Å². The molecule has 0 saturated heterocycles. The van der Waals surface area contributed by atoms with Crippen LogP contribution in [-0.4, -0.2) is 17.6 Å². The zero-order chi connectivity index (χ0) is 21.9. The van der Waals surface area contributed by atoms with Gasteiger partial charge in [0.15, 0.2) is 0 Å². The SMILES string of the molecule is COc1ccc2c(c1)C1=C(SSC1=Cc1c3ccccc3nc3ccccc13)C(C)(C)N2. The molecule has 0 unspecified atom stereocenters. The van der Waals surface area contributed by atoms with Gasteiger partial charge in [-0.2, -0.15) is 0 Å². The van der Waals surface area contributed by atoms with Crippen molar-refractivity contribution >= 4 is 60.7 Å². The minimum Gasteiger partial charge on any atom is -0.497 e. The summed E-state index contributed by atoms with van der Waals surface area (Å²) in [5, 5.41) is 6.07. The van der Waals surface area contributed by atoms with Crippen LogP contribution < -0.4 is 10.1 Å². The number of ether oxygens (including phenoxy) is 1. The van der Waals surface area contributed by atoms with Gasteiger partial charge in [0.05, 0.1) is 23.7 Å². The number of pyridine rings is 1. The van der Waals surface area contributed by atoms with Crippen LogP contribution in [0.4, 0.5) is 5.69 Å². The second-order valence-electron chi connectivity index (χ2n) is 8.60. The fourth-order valence-corrected chi connectivity index (χ4v) is 7.62. The Labute approximate surface area is 195 Å². The van der Waals surface area contributed by atoms with Crippen molar-refractivity contribution in [2.45, 2.75) is 19.4 Å². The normalized spacial score (nSPS) is 18.0. The van der Waals surface area contributed by atoms with Gasteiger partial charge in [-0.05, 0) is 55.8 Å². The molecule has 1 N–H and O–H groups in total. The highest BCUT2D eigenvalue weighted by atomic mass is 33.1. The Morgan fingerprint density at radius 1 is 0.906 bits per heavy atom. The molecule has 32 heavy (non-hydrogen) atoms. The summed E-state index contributed by atoms with van der Waals surface area (Å²) in [5.41, 5.74) is 6.79. The van der Waals surface area contributed by atoms with Crippen molar-refractivity contribution in [2.24, 2.45) is 0 Å². The first kappa shape index (κ1) is 19.8.